The molecule has 148 valence electrons. The molecule has 1 aromatic carbocycles. The molecule has 6 rings (SSSR count). The van der Waals surface area contributed by atoms with Crippen LogP contribution in [-0.4, -0.2) is 30.1 Å². The summed E-state index contributed by atoms with van der Waals surface area (Å²) in [4.78, 5) is 16.8. The quantitative estimate of drug-likeness (QED) is 0.407. The molecule has 2 N–H and O–H groups in total. The van der Waals surface area contributed by atoms with Gasteiger partial charge >= 0.3 is 0 Å². The average molecular weight is 402 g/mol. The molecule has 6 aromatic rings. The van der Waals surface area contributed by atoms with Crippen molar-refractivity contribution in [1.29, 1.82) is 0 Å². The van der Waals surface area contributed by atoms with Gasteiger partial charge in [-0.2, -0.15) is 5.10 Å². The fourth-order valence-corrected chi connectivity index (χ4v) is 4.05. The highest BCUT2D eigenvalue weighted by molar-refractivity contribution is 6.00. The second kappa shape index (κ2) is 6.88. The molecule has 0 aliphatic heterocycles. The first-order chi connectivity index (χ1) is 15.3. The molecule has 0 aliphatic rings. The largest absolute Gasteiger partial charge is 0.338 e. The third-order valence-corrected chi connectivity index (χ3v) is 5.64. The third-order valence-electron chi connectivity index (χ3n) is 5.64. The molecule has 6 heteroatoms. The van der Waals surface area contributed by atoms with Gasteiger partial charge in [-0.3, -0.25) is 15.1 Å². The number of rotatable bonds is 3. The zero-order valence-corrected chi connectivity index (χ0v) is 16.8. The first-order valence-electron chi connectivity index (χ1n) is 10.1. The van der Waals surface area contributed by atoms with Crippen molar-refractivity contribution in [2.75, 3.05) is 0 Å². The molecular formula is C25H18N6. The Morgan fingerprint density at radius 1 is 0.806 bits per heavy atom. The monoisotopic (exact) mass is 402 g/mol. The number of aryl methyl sites for hydroxylation is 1. The molecule has 31 heavy (non-hydrogen) atoms. The van der Waals surface area contributed by atoms with Gasteiger partial charge in [-0.25, -0.2) is 4.98 Å². The van der Waals surface area contributed by atoms with Crippen LogP contribution in [0.2, 0.25) is 0 Å². The lowest BCUT2D eigenvalue weighted by Crippen LogP contribution is -1.85. The molecule has 6 nitrogen and oxygen atoms in total. The Morgan fingerprint density at radius 2 is 1.77 bits per heavy atom. The number of aromatic amines is 2. The van der Waals surface area contributed by atoms with Crippen LogP contribution in [0.15, 0.2) is 79.4 Å². The molecule has 0 atom stereocenters. The predicted molar refractivity (Wildman–Crippen MR) is 122 cm³/mol. The minimum Gasteiger partial charge on any atom is -0.338 e. The summed E-state index contributed by atoms with van der Waals surface area (Å²) in [6.45, 7) is 2.10. The van der Waals surface area contributed by atoms with Crippen molar-refractivity contribution in [2.24, 2.45) is 0 Å². The van der Waals surface area contributed by atoms with Crippen molar-refractivity contribution in [3.05, 3.63) is 84.9 Å². The molecule has 5 heterocycles. The second-order valence-corrected chi connectivity index (χ2v) is 7.54. The van der Waals surface area contributed by atoms with Gasteiger partial charge in [0.2, 0.25) is 0 Å². The fraction of sp³-hybridized carbons (Fsp3) is 0.0400. The summed E-state index contributed by atoms with van der Waals surface area (Å²) in [5.41, 5.74) is 8.96. The van der Waals surface area contributed by atoms with Gasteiger partial charge in [0.25, 0.3) is 0 Å². The maximum absolute atomic E-state index is 4.61. The van der Waals surface area contributed by atoms with Gasteiger partial charge in [0.15, 0.2) is 0 Å². The number of fused-ring (bicyclic) bond motifs is 2. The summed E-state index contributed by atoms with van der Waals surface area (Å²) in [6.07, 6.45) is 7.33. The summed E-state index contributed by atoms with van der Waals surface area (Å²) < 4.78 is 0. The Morgan fingerprint density at radius 3 is 2.65 bits per heavy atom. The van der Waals surface area contributed by atoms with Crippen molar-refractivity contribution < 1.29 is 0 Å². The van der Waals surface area contributed by atoms with Crippen LogP contribution in [0, 0.1) is 6.92 Å². The van der Waals surface area contributed by atoms with E-state index in [4.69, 9.17) is 0 Å². The van der Waals surface area contributed by atoms with Crippen LogP contribution in [0.4, 0.5) is 0 Å². The molecule has 0 saturated carbocycles. The summed E-state index contributed by atoms with van der Waals surface area (Å²) in [5.74, 6) is 0. The minimum atomic E-state index is 0.813. The van der Waals surface area contributed by atoms with Gasteiger partial charge in [-0.1, -0.05) is 12.1 Å². The van der Waals surface area contributed by atoms with E-state index in [0.29, 0.717) is 0 Å². The van der Waals surface area contributed by atoms with E-state index in [1.165, 1.54) is 5.56 Å². The van der Waals surface area contributed by atoms with Gasteiger partial charge < -0.3 is 4.98 Å². The van der Waals surface area contributed by atoms with Crippen molar-refractivity contribution in [1.82, 2.24) is 30.1 Å². The Bertz CT molecular complexity index is 1550. The van der Waals surface area contributed by atoms with Gasteiger partial charge in [-0.05, 0) is 60.5 Å². The van der Waals surface area contributed by atoms with Gasteiger partial charge in [-0.15, -0.1) is 0 Å². The number of benzene rings is 1. The number of hydrogen-bond acceptors (Lipinski definition) is 4. The van der Waals surface area contributed by atoms with Crippen LogP contribution < -0.4 is 0 Å². The van der Waals surface area contributed by atoms with E-state index in [1.54, 1.807) is 12.4 Å². The molecule has 5 aromatic heterocycles. The standard InChI is InChI=1S/C25H18N6/c1-15-7-10-26-14-20(15)16-5-6-22-19(12-16)24(31-30-22)23-13-18-17(8-11-28-25(18)29-23)21-4-2-3-9-27-21/h2-14H,1H3,(H,28,29)(H,30,31). The maximum atomic E-state index is 4.61. The molecular weight excluding hydrogens is 384 g/mol. The average Bonchev–Trinajstić information content (AvgIpc) is 3.43. The maximum Gasteiger partial charge on any atom is 0.138 e. The number of pyridine rings is 3. The summed E-state index contributed by atoms with van der Waals surface area (Å²) in [7, 11) is 0. The van der Waals surface area contributed by atoms with Gasteiger partial charge in [0.05, 0.1) is 16.9 Å². The number of nitrogens with zero attached hydrogens (tertiary/aromatic N) is 4. The zero-order valence-electron chi connectivity index (χ0n) is 16.8. The van der Waals surface area contributed by atoms with E-state index in [2.05, 4.69) is 61.3 Å². The normalized spacial score (nSPS) is 11.4. The lowest BCUT2D eigenvalue weighted by molar-refractivity contribution is 1.12. The Balaban J connectivity index is 1.52. The van der Waals surface area contributed by atoms with Gasteiger partial charge in [0.1, 0.15) is 11.3 Å². The zero-order chi connectivity index (χ0) is 20.8. The highest BCUT2D eigenvalue weighted by Crippen LogP contribution is 2.34. The van der Waals surface area contributed by atoms with Crippen molar-refractivity contribution in [3.63, 3.8) is 0 Å². The molecule has 0 unspecified atom stereocenters. The van der Waals surface area contributed by atoms with E-state index in [1.807, 2.05) is 42.7 Å². The fourth-order valence-electron chi connectivity index (χ4n) is 4.05. The first kappa shape index (κ1) is 17.5. The van der Waals surface area contributed by atoms with Crippen molar-refractivity contribution >= 4 is 21.9 Å². The minimum absolute atomic E-state index is 0.813. The third kappa shape index (κ3) is 2.88. The lowest BCUT2D eigenvalue weighted by atomic mass is 10.0. The lowest BCUT2D eigenvalue weighted by Gasteiger charge is -2.05. The van der Waals surface area contributed by atoms with Crippen LogP contribution in [0.5, 0.6) is 0 Å². The highest BCUT2D eigenvalue weighted by Gasteiger charge is 2.15. The molecule has 0 bridgehead atoms. The SMILES string of the molecule is Cc1ccncc1-c1ccc2[nH]nc(-c3cc4c(-c5ccccn5)ccnc4[nH]3)c2c1. The molecule has 0 radical (unpaired) electrons. The number of nitrogens with one attached hydrogen (secondary N) is 2. The van der Waals surface area contributed by atoms with Crippen LogP contribution in [0.25, 0.3) is 55.7 Å². The Hall–Kier alpha value is -4.32. The van der Waals surface area contributed by atoms with Crippen molar-refractivity contribution in [2.45, 2.75) is 6.92 Å². The summed E-state index contributed by atoms with van der Waals surface area (Å²) in [6, 6.07) is 18.4. The molecule has 0 aliphatic carbocycles. The summed E-state index contributed by atoms with van der Waals surface area (Å²) in [5, 5.41) is 9.83. The molecule has 0 saturated heterocycles. The van der Waals surface area contributed by atoms with Crippen LogP contribution in [0.1, 0.15) is 5.56 Å². The van der Waals surface area contributed by atoms with Gasteiger partial charge in [0, 0.05) is 46.7 Å². The van der Waals surface area contributed by atoms with E-state index in [9.17, 15) is 0 Å². The molecule has 0 fully saturated rings. The van der Waals surface area contributed by atoms with Crippen LogP contribution in [0.3, 0.4) is 0 Å². The first-order valence-corrected chi connectivity index (χ1v) is 10.1. The molecule has 0 amide bonds. The van der Waals surface area contributed by atoms with E-state index >= 15 is 0 Å². The Kier molecular flexibility index (Phi) is 3.89. The molecule has 0 spiro atoms. The van der Waals surface area contributed by atoms with Crippen LogP contribution in [-0.2, 0) is 0 Å². The van der Waals surface area contributed by atoms with Crippen LogP contribution >= 0.6 is 0 Å². The van der Waals surface area contributed by atoms with E-state index < -0.39 is 0 Å². The summed E-state index contributed by atoms with van der Waals surface area (Å²) >= 11 is 0. The highest BCUT2D eigenvalue weighted by atomic mass is 15.1. The van der Waals surface area contributed by atoms with E-state index in [-0.39, 0.29) is 0 Å². The predicted octanol–water partition coefficient (Wildman–Crippen LogP) is 5.54. The Labute approximate surface area is 178 Å². The number of H-pyrrole nitrogens is 2. The second-order valence-electron chi connectivity index (χ2n) is 7.54. The van der Waals surface area contributed by atoms with E-state index in [0.717, 1.165) is 55.7 Å². The topological polar surface area (TPSA) is 83.1 Å². The number of aromatic nitrogens is 6. The number of hydrogen-bond donors (Lipinski definition) is 2. The van der Waals surface area contributed by atoms with Crippen molar-refractivity contribution in [3.8, 4) is 33.8 Å². The smallest absolute Gasteiger partial charge is 0.138 e.